The fourth-order valence-electron chi connectivity index (χ4n) is 4.55. The van der Waals surface area contributed by atoms with E-state index in [9.17, 15) is 18.8 Å². The average molecular weight is 475 g/mol. The summed E-state index contributed by atoms with van der Waals surface area (Å²) >= 11 is 0. The Morgan fingerprint density at radius 2 is 1.47 bits per heavy atom. The molecule has 3 aromatic carbocycles. The van der Waals surface area contributed by atoms with E-state index >= 15 is 0 Å². The first-order valence-electron chi connectivity index (χ1n) is 11.1. The molecule has 34 heavy (non-hydrogen) atoms. The topological polar surface area (TPSA) is 106 Å². The number of aliphatic imine (C=N–C) groups is 1. The van der Waals surface area contributed by atoms with Crippen molar-refractivity contribution in [1.29, 1.82) is 5.26 Å². The predicted molar refractivity (Wildman–Crippen MR) is 132 cm³/mol. The van der Waals surface area contributed by atoms with E-state index in [1.54, 1.807) is 12.1 Å². The molecule has 1 aliphatic heterocycles. The molecular formula is C26H26N4O3S. The number of thiol groups is 1. The second-order valence-electron chi connectivity index (χ2n) is 8.22. The normalized spacial score (nSPS) is 15.2. The van der Waals surface area contributed by atoms with Crippen LogP contribution in [0.25, 0.3) is 0 Å². The third kappa shape index (κ3) is 4.96. The number of hydrogen-bond donors (Lipinski definition) is 3. The van der Waals surface area contributed by atoms with Crippen LogP contribution in [0.5, 0.6) is 0 Å². The molecule has 2 N–H and O–H groups in total. The van der Waals surface area contributed by atoms with E-state index in [4.69, 9.17) is 0 Å². The lowest BCUT2D eigenvalue weighted by Gasteiger charge is -2.43. The fourth-order valence-corrected chi connectivity index (χ4v) is 4.94. The van der Waals surface area contributed by atoms with Gasteiger partial charge in [-0.25, -0.2) is 8.42 Å². The quantitative estimate of drug-likeness (QED) is 0.226. The number of rotatable bonds is 5. The number of nitrogens with zero attached hydrogens (tertiary/aromatic N) is 3. The molecule has 4 rings (SSSR count). The lowest BCUT2D eigenvalue weighted by atomic mass is 9.72. The van der Waals surface area contributed by atoms with Crippen LogP contribution in [0.1, 0.15) is 24.0 Å². The van der Waals surface area contributed by atoms with Gasteiger partial charge in [-0.3, -0.25) is 0 Å². The number of benzene rings is 3. The Hall–Kier alpha value is -3.67. The molecule has 0 spiro atoms. The van der Waals surface area contributed by atoms with Crippen LogP contribution in [-0.2, 0) is 16.3 Å². The highest BCUT2D eigenvalue weighted by atomic mass is 32.2. The van der Waals surface area contributed by atoms with E-state index in [1.807, 2.05) is 71.8 Å². The van der Waals surface area contributed by atoms with Crippen molar-refractivity contribution in [3.63, 3.8) is 0 Å². The third-order valence-corrected chi connectivity index (χ3v) is 7.02. The van der Waals surface area contributed by atoms with E-state index < -0.39 is 16.3 Å². The molecule has 8 heteroatoms. The Kier molecular flexibility index (Phi) is 7.26. The zero-order chi connectivity index (χ0) is 24.0. The van der Waals surface area contributed by atoms with Gasteiger partial charge in [0.25, 0.3) is 0 Å². The van der Waals surface area contributed by atoms with Crippen molar-refractivity contribution in [2.45, 2.75) is 23.3 Å². The van der Waals surface area contributed by atoms with Gasteiger partial charge in [-0.1, -0.05) is 60.7 Å². The van der Waals surface area contributed by atoms with Gasteiger partial charge in [-0.05, 0) is 54.2 Å². The van der Waals surface area contributed by atoms with E-state index in [2.05, 4.69) is 10.3 Å². The molecule has 1 fully saturated rings. The average Bonchev–Trinajstić information content (AvgIpc) is 2.89. The van der Waals surface area contributed by atoms with Gasteiger partial charge in [-0.15, -0.1) is 4.99 Å². The summed E-state index contributed by atoms with van der Waals surface area (Å²) in [6.07, 6.45) is 3.24. The number of piperidine rings is 1. The van der Waals surface area contributed by atoms with Gasteiger partial charge in [0.05, 0.1) is 4.90 Å². The summed E-state index contributed by atoms with van der Waals surface area (Å²) in [5.74, 6) is 0.382. The van der Waals surface area contributed by atoms with Gasteiger partial charge < -0.3 is 15.3 Å². The molecule has 0 aromatic heterocycles. The maximum absolute atomic E-state index is 12.0. The highest BCUT2D eigenvalue weighted by Crippen LogP contribution is 2.41. The number of aliphatic hydroxyl groups is 1. The van der Waals surface area contributed by atoms with Crippen LogP contribution in [0.2, 0.25) is 0 Å². The molecule has 0 aliphatic carbocycles. The maximum atomic E-state index is 12.0. The lowest BCUT2D eigenvalue weighted by molar-refractivity contribution is -0.00653. The van der Waals surface area contributed by atoms with Crippen LogP contribution in [-0.4, -0.2) is 37.5 Å². The van der Waals surface area contributed by atoms with Crippen LogP contribution in [0.3, 0.4) is 0 Å². The Morgan fingerprint density at radius 1 is 0.941 bits per heavy atom. The van der Waals surface area contributed by atoms with E-state index in [0.717, 1.165) is 11.1 Å². The lowest BCUT2D eigenvalue weighted by Crippen LogP contribution is -2.47. The van der Waals surface area contributed by atoms with E-state index in [-0.39, 0.29) is 10.8 Å². The van der Waals surface area contributed by atoms with Crippen molar-refractivity contribution in [2.24, 2.45) is 10.9 Å². The molecule has 0 atom stereocenters. The molecule has 1 aliphatic rings. The van der Waals surface area contributed by atoms with E-state index in [1.165, 1.54) is 12.1 Å². The Balaban J connectivity index is 1.53. The summed E-state index contributed by atoms with van der Waals surface area (Å²) in [5, 5.41) is 24.4. The Bertz CT molecular complexity index is 1200. The van der Waals surface area contributed by atoms with Crippen molar-refractivity contribution < 1.29 is 13.5 Å². The highest BCUT2D eigenvalue weighted by molar-refractivity contribution is 7.72. The molecule has 174 valence electrons. The number of guanidine groups is 1. The van der Waals surface area contributed by atoms with Crippen molar-refractivity contribution in [1.82, 2.24) is 4.90 Å². The van der Waals surface area contributed by atoms with Crippen LogP contribution < -0.4 is 5.32 Å². The summed E-state index contributed by atoms with van der Waals surface area (Å²) in [6.45, 7) is 1.20. The Morgan fingerprint density at radius 3 is 1.94 bits per heavy atom. The van der Waals surface area contributed by atoms with Gasteiger partial charge in [-0.2, -0.15) is 5.26 Å². The summed E-state index contributed by atoms with van der Waals surface area (Å²) in [4.78, 5) is 6.17. The molecule has 3 aromatic rings. The minimum absolute atomic E-state index is 0.0236. The molecule has 1 heterocycles. The first kappa shape index (κ1) is 23.5. The predicted octanol–water partition coefficient (Wildman–Crippen LogP) is 3.55. The first-order chi connectivity index (χ1) is 16.5. The molecule has 0 unspecified atom stereocenters. The number of nitrogens with one attached hydrogen (secondary N) is 1. The molecular weight excluding hydrogens is 448 g/mol. The third-order valence-electron chi connectivity index (χ3n) is 6.30. The molecule has 0 radical (unpaired) electrons. The number of hydrogen-bond acceptors (Lipinski definition) is 5. The largest absolute Gasteiger partial charge is 0.380 e. The van der Waals surface area contributed by atoms with Crippen molar-refractivity contribution in [3.05, 3.63) is 96.1 Å². The van der Waals surface area contributed by atoms with E-state index in [0.29, 0.717) is 37.6 Å². The smallest absolute Gasteiger partial charge is 0.214 e. The first-order valence-corrected chi connectivity index (χ1v) is 12.3. The molecule has 1 saturated heterocycles. The van der Waals surface area contributed by atoms with Crippen LogP contribution in [0, 0.1) is 17.4 Å². The summed E-state index contributed by atoms with van der Waals surface area (Å²) in [6, 6.07) is 25.8. The van der Waals surface area contributed by atoms with Crippen molar-refractivity contribution in [3.8, 4) is 6.19 Å². The molecule has 7 nitrogen and oxygen atoms in total. The van der Waals surface area contributed by atoms with Crippen molar-refractivity contribution >= 4 is 22.4 Å². The number of likely N-dealkylation sites (tertiary alicyclic amines) is 1. The number of nitriles is 1. The van der Waals surface area contributed by atoms with Gasteiger partial charge in [0.15, 0.2) is 10.7 Å². The number of anilines is 1. The molecule has 0 bridgehead atoms. The van der Waals surface area contributed by atoms with Gasteiger partial charge in [0, 0.05) is 18.8 Å². The van der Waals surface area contributed by atoms with Crippen LogP contribution in [0.15, 0.2) is 94.8 Å². The summed E-state index contributed by atoms with van der Waals surface area (Å²) in [7, 11) is -2.65. The minimum atomic E-state index is -2.65. The molecule has 0 saturated carbocycles. The highest BCUT2D eigenvalue weighted by Gasteiger charge is 2.41. The van der Waals surface area contributed by atoms with Gasteiger partial charge in [0.2, 0.25) is 12.2 Å². The van der Waals surface area contributed by atoms with Gasteiger partial charge >= 0.3 is 0 Å². The van der Waals surface area contributed by atoms with Gasteiger partial charge in [0.1, 0.15) is 5.60 Å². The second-order valence-corrected chi connectivity index (χ2v) is 9.25. The summed E-state index contributed by atoms with van der Waals surface area (Å²) < 4.78 is 22.2. The molecule has 0 amide bonds. The second kappa shape index (κ2) is 10.5. The minimum Gasteiger partial charge on any atom is -0.380 e. The van der Waals surface area contributed by atoms with Crippen LogP contribution in [0.4, 0.5) is 5.69 Å². The fraction of sp³-hybridized carbons (Fsp3) is 0.231. The standard InChI is InChI=1S/C26H26N4O3S/c27-19-28-25(29-23-11-13-24(14-12-23)34(32)33)30-17-15-22(16-18-30)26(31,20-7-3-1-4-8-20)21-9-5-2-6-10-21/h1-14,22,31,34H,15-18H2,(H,28,29). The Labute approximate surface area is 201 Å². The zero-order valence-electron chi connectivity index (χ0n) is 18.5. The maximum Gasteiger partial charge on any atom is 0.214 e. The summed E-state index contributed by atoms with van der Waals surface area (Å²) in [5.41, 5.74) is 1.24. The monoisotopic (exact) mass is 474 g/mol. The SMILES string of the molecule is N#C/N=C(/Nc1ccc([SH](=O)=O)cc1)N1CCC(C(O)(c2ccccc2)c2ccccc2)CC1. The zero-order valence-corrected chi connectivity index (χ0v) is 19.4. The van der Waals surface area contributed by atoms with Crippen LogP contribution >= 0.6 is 0 Å². The van der Waals surface area contributed by atoms with Crippen molar-refractivity contribution in [2.75, 3.05) is 18.4 Å².